The lowest BCUT2D eigenvalue weighted by Crippen LogP contribution is -2.18. The van der Waals surface area contributed by atoms with Crippen LogP contribution in [0.4, 0.5) is 0 Å². The summed E-state index contributed by atoms with van der Waals surface area (Å²) >= 11 is 0. The molecule has 0 radical (unpaired) electrons. The zero-order valence-electron chi connectivity index (χ0n) is 9.76. The van der Waals surface area contributed by atoms with Crippen LogP contribution >= 0.6 is 0 Å². The molecule has 0 heterocycles. The second kappa shape index (κ2) is 7.73. The average Bonchev–Trinajstić information content (AvgIpc) is 2.28. The van der Waals surface area contributed by atoms with Crippen LogP contribution in [0.5, 0.6) is 0 Å². The van der Waals surface area contributed by atoms with Gasteiger partial charge in [-0.1, -0.05) is 18.8 Å². The highest BCUT2D eigenvalue weighted by molar-refractivity contribution is 5.00. The third-order valence-corrected chi connectivity index (χ3v) is 3.36. The molecule has 2 heteroatoms. The second-order valence-corrected chi connectivity index (χ2v) is 4.49. The van der Waals surface area contributed by atoms with Gasteiger partial charge in [-0.05, 0) is 44.7 Å². The number of rotatable bonds is 4. The number of aliphatic hydroxyl groups excluding tert-OH is 1. The quantitative estimate of drug-likeness (QED) is 0.692. The van der Waals surface area contributed by atoms with Gasteiger partial charge >= 0.3 is 0 Å². The first kappa shape index (κ1) is 12.5. The molecule has 0 aromatic carbocycles. The van der Waals surface area contributed by atoms with Gasteiger partial charge in [0.2, 0.25) is 0 Å². The van der Waals surface area contributed by atoms with Crippen LogP contribution in [0.1, 0.15) is 38.5 Å². The molecule has 0 unspecified atom stereocenters. The van der Waals surface area contributed by atoms with Crippen molar-refractivity contribution in [2.24, 2.45) is 11.8 Å². The highest BCUT2D eigenvalue weighted by atomic mass is 16.2. The van der Waals surface area contributed by atoms with E-state index < -0.39 is 0 Å². The third kappa shape index (κ3) is 5.20. The lowest BCUT2D eigenvalue weighted by atomic mass is 9.79. The van der Waals surface area contributed by atoms with Crippen molar-refractivity contribution >= 4 is 0 Å². The SMILES string of the molecule is CNCCC1CCC(CC#CCO)CC1. The minimum Gasteiger partial charge on any atom is -0.384 e. The van der Waals surface area contributed by atoms with E-state index in [4.69, 9.17) is 5.11 Å². The van der Waals surface area contributed by atoms with E-state index in [1.54, 1.807) is 0 Å². The van der Waals surface area contributed by atoms with Crippen LogP contribution < -0.4 is 5.32 Å². The molecular formula is C13H23NO. The minimum absolute atomic E-state index is 0.0114. The molecular weight excluding hydrogens is 186 g/mol. The molecule has 0 atom stereocenters. The van der Waals surface area contributed by atoms with Gasteiger partial charge in [0.05, 0.1) is 0 Å². The molecule has 1 aliphatic carbocycles. The second-order valence-electron chi connectivity index (χ2n) is 4.49. The summed E-state index contributed by atoms with van der Waals surface area (Å²) in [5.41, 5.74) is 0. The van der Waals surface area contributed by atoms with Gasteiger partial charge in [0.1, 0.15) is 6.61 Å². The summed E-state index contributed by atoms with van der Waals surface area (Å²) in [7, 11) is 2.02. The van der Waals surface area contributed by atoms with Crippen molar-refractivity contribution < 1.29 is 5.11 Å². The average molecular weight is 209 g/mol. The first-order chi connectivity index (χ1) is 7.36. The molecule has 2 nitrogen and oxygen atoms in total. The minimum atomic E-state index is 0.0114. The number of hydrogen-bond acceptors (Lipinski definition) is 2. The Labute approximate surface area is 93.5 Å². The molecule has 0 aromatic rings. The number of aliphatic hydroxyl groups is 1. The van der Waals surface area contributed by atoms with E-state index in [2.05, 4.69) is 17.2 Å². The fraction of sp³-hybridized carbons (Fsp3) is 0.846. The van der Waals surface area contributed by atoms with Gasteiger partial charge in [-0.15, -0.1) is 5.92 Å². The highest BCUT2D eigenvalue weighted by Crippen LogP contribution is 2.31. The van der Waals surface area contributed by atoms with Gasteiger partial charge in [-0.25, -0.2) is 0 Å². The van der Waals surface area contributed by atoms with Crippen molar-refractivity contribution in [3.05, 3.63) is 0 Å². The molecule has 0 aromatic heterocycles. The maximum Gasteiger partial charge on any atom is 0.104 e. The Morgan fingerprint density at radius 2 is 1.80 bits per heavy atom. The van der Waals surface area contributed by atoms with Gasteiger partial charge in [0, 0.05) is 6.42 Å². The predicted molar refractivity (Wildman–Crippen MR) is 63.5 cm³/mol. The van der Waals surface area contributed by atoms with Gasteiger partial charge in [-0.3, -0.25) is 0 Å². The van der Waals surface area contributed by atoms with Crippen molar-refractivity contribution in [2.75, 3.05) is 20.2 Å². The standard InChI is InChI=1S/C13H23NO/c1-14-10-9-13-7-5-12(6-8-13)4-2-3-11-15/h12-15H,4-11H2,1H3. The van der Waals surface area contributed by atoms with E-state index in [-0.39, 0.29) is 6.61 Å². The molecule has 0 spiro atoms. The fourth-order valence-electron chi connectivity index (χ4n) is 2.35. The number of hydrogen-bond donors (Lipinski definition) is 2. The summed E-state index contributed by atoms with van der Waals surface area (Å²) in [5.74, 6) is 7.50. The van der Waals surface area contributed by atoms with Crippen LogP contribution in [0.15, 0.2) is 0 Å². The van der Waals surface area contributed by atoms with Crippen molar-refractivity contribution in [3.8, 4) is 11.8 Å². The predicted octanol–water partition coefficient (Wildman–Crippen LogP) is 1.79. The third-order valence-electron chi connectivity index (χ3n) is 3.36. The van der Waals surface area contributed by atoms with Crippen LogP contribution in [0.2, 0.25) is 0 Å². The Balaban J connectivity index is 2.12. The monoisotopic (exact) mass is 209 g/mol. The van der Waals surface area contributed by atoms with Gasteiger partial charge in [-0.2, -0.15) is 0 Å². The smallest absolute Gasteiger partial charge is 0.104 e. The van der Waals surface area contributed by atoms with Crippen LogP contribution in [0.3, 0.4) is 0 Å². The topological polar surface area (TPSA) is 32.3 Å². The Morgan fingerprint density at radius 3 is 2.40 bits per heavy atom. The first-order valence-electron chi connectivity index (χ1n) is 6.08. The van der Waals surface area contributed by atoms with Crippen LogP contribution in [0.25, 0.3) is 0 Å². The molecule has 1 fully saturated rings. The molecule has 2 N–H and O–H groups in total. The Morgan fingerprint density at radius 1 is 1.13 bits per heavy atom. The molecule has 0 saturated heterocycles. The van der Waals surface area contributed by atoms with Crippen molar-refractivity contribution in [3.63, 3.8) is 0 Å². The zero-order chi connectivity index (χ0) is 10.9. The Bertz CT molecular complexity index is 208. The Kier molecular flexibility index (Phi) is 6.47. The van der Waals surface area contributed by atoms with Crippen molar-refractivity contribution in [2.45, 2.75) is 38.5 Å². The van der Waals surface area contributed by atoms with Gasteiger partial charge < -0.3 is 10.4 Å². The van der Waals surface area contributed by atoms with E-state index >= 15 is 0 Å². The lowest BCUT2D eigenvalue weighted by Gasteiger charge is -2.27. The van der Waals surface area contributed by atoms with Crippen LogP contribution in [-0.4, -0.2) is 25.3 Å². The molecule has 86 valence electrons. The van der Waals surface area contributed by atoms with E-state index in [9.17, 15) is 0 Å². The van der Waals surface area contributed by atoms with Crippen LogP contribution in [0, 0.1) is 23.7 Å². The Hall–Kier alpha value is -0.520. The van der Waals surface area contributed by atoms with Gasteiger partial charge in [0.15, 0.2) is 0 Å². The summed E-state index contributed by atoms with van der Waals surface area (Å²) in [4.78, 5) is 0. The van der Waals surface area contributed by atoms with E-state index in [1.807, 2.05) is 7.05 Å². The normalized spacial score (nSPS) is 25.7. The fourth-order valence-corrected chi connectivity index (χ4v) is 2.35. The summed E-state index contributed by atoms with van der Waals surface area (Å²) in [6.07, 6.45) is 7.70. The molecule has 0 amide bonds. The summed E-state index contributed by atoms with van der Waals surface area (Å²) in [5, 5.41) is 11.8. The molecule has 1 saturated carbocycles. The largest absolute Gasteiger partial charge is 0.384 e. The molecule has 0 aliphatic heterocycles. The first-order valence-corrected chi connectivity index (χ1v) is 6.08. The maximum atomic E-state index is 8.55. The van der Waals surface area contributed by atoms with Crippen molar-refractivity contribution in [1.29, 1.82) is 0 Å². The van der Waals surface area contributed by atoms with E-state index in [0.717, 1.165) is 24.8 Å². The lowest BCUT2D eigenvalue weighted by molar-refractivity contribution is 0.266. The molecule has 1 aliphatic rings. The summed E-state index contributed by atoms with van der Waals surface area (Å²) in [6, 6.07) is 0. The summed E-state index contributed by atoms with van der Waals surface area (Å²) < 4.78 is 0. The van der Waals surface area contributed by atoms with E-state index in [1.165, 1.54) is 32.1 Å². The molecule has 1 rings (SSSR count). The maximum absolute atomic E-state index is 8.55. The molecule has 0 bridgehead atoms. The summed E-state index contributed by atoms with van der Waals surface area (Å²) in [6.45, 7) is 1.16. The van der Waals surface area contributed by atoms with Crippen molar-refractivity contribution in [1.82, 2.24) is 5.32 Å². The number of nitrogens with one attached hydrogen (secondary N) is 1. The highest BCUT2D eigenvalue weighted by Gasteiger charge is 2.19. The van der Waals surface area contributed by atoms with Crippen LogP contribution in [-0.2, 0) is 0 Å². The van der Waals surface area contributed by atoms with Gasteiger partial charge in [0.25, 0.3) is 0 Å². The molecule has 15 heavy (non-hydrogen) atoms. The van der Waals surface area contributed by atoms with E-state index in [0.29, 0.717) is 0 Å². The zero-order valence-corrected chi connectivity index (χ0v) is 9.76.